The van der Waals surface area contributed by atoms with Gasteiger partial charge in [-0.3, -0.25) is 0 Å². The third kappa shape index (κ3) is 6.33. The number of anilines is 2. The quantitative estimate of drug-likeness (QED) is 0.161. The van der Waals surface area contributed by atoms with Crippen molar-refractivity contribution in [1.82, 2.24) is 15.0 Å². The molecular weight excluding hydrogens is 777 g/mol. The molecule has 4 nitrogen and oxygen atoms in total. The maximum Gasteiger partial charge on any atom is 0.164 e. The summed E-state index contributed by atoms with van der Waals surface area (Å²) in [4.78, 5) is 18.1. The van der Waals surface area contributed by atoms with Gasteiger partial charge in [0.1, 0.15) is 0 Å². The summed E-state index contributed by atoms with van der Waals surface area (Å²) in [5, 5.41) is 0. The van der Waals surface area contributed by atoms with Crippen LogP contribution in [-0.4, -0.2) is 15.0 Å². The molecule has 4 heteroatoms. The van der Waals surface area contributed by atoms with Gasteiger partial charge in [0.25, 0.3) is 0 Å². The average Bonchev–Trinajstić information content (AvgIpc) is 3.82. The summed E-state index contributed by atoms with van der Waals surface area (Å²) in [6.45, 7) is 4.71. The SMILES string of the molecule is CC1(C)c2ccccc2-c2c(-c3ccc4c(c3)C3CC(c5nc(-c6ccc(-c7ccccc7)cc6)nc(-c6ccc(-c7ccccc7)cc6)n5)=CC=C3N4c3ccccc3)cccc21. The molecule has 1 unspecified atom stereocenters. The van der Waals surface area contributed by atoms with E-state index in [9.17, 15) is 0 Å². The monoisotopic (exact) mass is 820 g/mol. The molecule has 0 amide bonds. The van der Waals surface area contributed by atoms with Crippen molar-refractivity contribution < 1.29 is 0 Å². The molecule has 0 N–H and O–H groups in total. The number of para-hydroxylation sites is 1. The lowest BCUT2D eigenvalue weighted by atomic mass is 9.81. The van der Waals surface area contributed by atoms with Gasteiger partial charge in [0, 0.05) is 39.5 Å². The number of hydrogen-bond donors (Lipinski definition) is 0. The molecule has 0 saturated heterocycles. The minimum atomic E-state index is -0.0716. The third-order valence-corrected chi connectivity index (χ3v) is 13.5. The Morgan fingerprint density at radius 3 is 1.58 bits per heavy atom. The van der Waals surface area contributed by atoms with Crippen molar-refractivity contribution in [3.05, 3.63) is 241 Å². The smallest absolute Gasteiger partial charge is 0.164 e. The second kappa shape index (κ2) is 15.1. The molecule has 1 atom stereocenters. The van der Waals surface area contributed by atoms with E-state index in [4.69, 9.17) is 15.0 Å². The highest BCUT2D eigenvalue weighted by molar-refractivity contribution is 5.94. The molecular formula is C60H44N4. The summed E-state index contributed by atoms with van der Waals surface area (Å²) in [5.41, 5.74) is 20.5. The molecule has 304 valence electrons. The summed E-state index contributed by atoms with van der Waals surface area (Å²) in [6, 6.07) is 71.7. The van der Waals surface area contributed by atoms with Crippen LogP contribution in [0, 0.1) is 0 Å². The van der Waals surface area contributed by atoms with Crippen molar-refractivity contribution in [2.75, 3.05) is 4.90 Å². The van der Waals surface area contributed by atoms with E-state index in [2.05, 4.69) is 219 Å². The fourth-order valence-corrected chi connectivity index (χ4v) is 10.2. The fraction of sp³-hybridized carbons (Fsp3) is 0.0833. The molecule has 3 aliphatic rings. The molecule has 8 aromatic carbocycles. The first-order chi connectivity index (χ1) is 31.5. The van der Waals surface area contributed by atoms with Crippen LogP contribution in [0.5, 0.6) is 0 Å². The largest absolute Gasteiger partial charge is 0.313 e. The molecule has 64 heavy (non-hydrogen) atoms. The third-order valence-electron chi connectivity index (χ3n) is 13.5. The molecule has 2 aliphatic carbocycles. The van der Waals surface area contributed by atoms with Crippen molar-refractivity contribution in [2.24, 2.45) is 0 Å². The molecule has 1 aliphatic heterocycles. The number of hydrogen-bond acceptors (Lipinski definition) is 4. The zero-order chi connectivity index (χ0) is 42.8. The van der Waals surface area contributed by atoms with Crippen LogP contribution >= 0.6 is 0 Å². The highest BCUT2D eigenvalue weighted by atomic mass is 15.2. The predicted octanol–water partition coefficient (Wildman–Crippen LogP) is 15.1. The van der Waals surface area contributed by atoms with E-state index in [1.165, 1.54) is 61.5 Å². The van der Waals surface area contributed by atoms with Gasteiger partial charge in [0.05, 0.1) is 0 Å². The first-order valence-electron chi connectivity index (χ1n) is 22.2. The Labute approximate surface area is 374 Å². The van der Waals surface area contributed by atoms with Gasteiger partial charge < -0.3 is 4.90 Å². The topological polar surface area (TPSA) is 41.9 Å². The maximum absolute atomic E-state index is 5.27. The molecule has 0 radical (unpaired) electrons. The van der Waals surface area contributed by atoms with Crippen LogP contribution in [-0.2, 0) is 5.41 Å². The van der Waals surface area contributed by atoms with Gasteiger partial charge in [-0.15, -0.1) is 0 Å². The summed E-state index contributed by atoms with van der Waals surface area (Å²) in [6.07, 6.45) is 5.27. The van der Waals surface area contributed by atoms with Crippen LogP contribution in [0.1, 0.15) is 48.7 Å². The van der Waals surface area contributed by atoms with E-state index in [1.54, 1.807) is 0 Å². The van der Waals surface area contributed by atoms with Gasteiger partial charge in [-0.2, -0.15) is 0 Å². The normalized spacial score (nSPS) is 15.4. The van der Waals surface area contributed by atoms with Crippen molar-refractivity contribution >= 4 is 16.9 Å². The zero-order valence-electron chi connectivity index (χ0n) is 35.8. The zero-order valence-corrected chi connectivity index (χ0v) is 35.8. The molecule has 12 rings (SSSR count). The van der Waals surface area contributed by atoms with Crippen LogP contribution in [0.15, 0.2) is 218 Å². The summed E-state index contributed by atoms with van der Waals surface area (Å²) in [7, 11) is 0. The van der Waals surface area contributed by atoms with Gasteiger partial charge in [0.2, 0.25) is 0 Å². The van der Waals surface area contributed by atoms with E-state index in [1.807, 2.05) is 12.1 Å². The van der Waals surface area contributed by atoms with E-state index in [0.29, 0.717) is 17.5 Å². The van der Waals surface area contributed by atoms with Crippen LogP contribution in [0.4, 0.5) is 11.4 Å². The number of benzene rings is 8. The Morgan fingerprint density at radius 2 is 0.938 bits per heavy atom. The summed E-state index contributed by atoms with van der Waals surface area (Å²) < 4.78 is 0. The first kappa shape index (κ1) is 37.8. The van der Waals surface area contributed by atoms with Gasteiger partial charge in [-0.05, 0) is 104 Å². The van der Waals surface area contributed by atoms with Gasteiger partial charge in [0.15, 0.2) is 17.5 Å². The van der Waals surface area contributed by atoms with Gasteiger partial charge in [-0.25, -0.2) is 15.0 Å². The van der Waals surface area contributed by atoms with Crippen LogP contribution in [0.3, 0.4) is 0 Å². The van der Waals surface area contributed by atoms with Crippen LogP contribution < -0.4 is 4.90 Å². The van der Waals surface area contributed by atoms with Crippen LogP contribution in [0.2, 0.25) is 0 Å². The Morgan fingerprint density at radius 1 is 0.438 bits per heavy atom. The Kier molecular flexibility index (Phi) is 8.94. The van der Waals surface area contributed by atoms with E-state index in [-0.39, 0.29) is 11.3 Å². The molecule has 0 bridgehead atoms. The minimum Gasteiger partial charge on any atom is -0.313 e. The lowest BCUT2D eigenvalue weighted by Gasteiger charge is -2.26. The van der Waals surface area contributed by atoms with Crippen molar-refractivity contribution in [3.8, 4) is 67.3 Å². The second-order valence-corrected chi connectivity index (χ2v) is 17.6. The summed E-state index contributed by atoms with van der Waals surface area (Å²) in [5.74, 6) is 2.10. The number of rotatable bonds is 7. The lowest BCUT2D eigenvalue weighted by Crippen LogP contribution is -2.16. The Hall–Kier alpha value is -7.95. The number of fused-ring (bicyclic) bond motifs is 6. The van der Waals surface area contributed by atoms with Crippen molar-refractivity contribution in [1.29, 1.82) is 0 Å². The Bertz CT molecular complexity index is 3190. The molecule has 1 aromatic heterocycles. The highest BCUT2D eigenvalue weighted by Gasteiger charge is 2.39. The second-order valence-electron chi connectivity index (χ2n) is 17.6. The highest BCUT2D eigenvalue weighted by Crippen LogP contribution is 2.56. The first-order valence-corrected chi connectivity index (χ1v) is 22.2. The molecule has 0 spiro atoms. The predicted molar refractivity (Wildman–Crippen MR) is 263 cm³/mol. The number of nitrogens with zero attached hydrogens (tertiary/aromatic N) is 4. The van der Waals surface area contributed by atoms with Crippen molar-refractivity contribution in [3.63, 3.8) is 0 Å². The maximum atomic E-state index is 5.27. The summed E-state index contributed by atoms with van der Waals surface area (Å²) >= 11 is 0. The van der Waals surface area contributed by atoms with E-state index in [0.717, 1.165) is 39.9 Å². The van der Waals surface area contributed by atoms with E-state index >= 15 is 0 Å². The lowest BCUT2D eigenvalue weighted by molar-refractivity contribution is 0.660. The molecule has 2 heterocycles. The standard InChI is InChI=1S/C60H44N4/c1-60(2)52-23-13-12-21-49(52)56-48(22-14-24-53(56)60)45-33-35-54-50(37-45)51-38-46(34-36-55(51)64(54)47-19-10-5-11-20-47)59-62-57(43-29-25-41(26-30-43)39-15-6-3-7-16-39)61-58(63-59)44-31-27-42(28-32-44)40-17-8-4-9-18-40/h3-37,51H,38H2,1-2H3. The number of allylic oxidation sites excluding steroid dienone is 4. The minimum absolute atomic E-state index is 0.0716. The van der Waals surface area contributed by atoms with E-state index < -0.39 is 0 Å². The number of aromatic nitrogens is 3. The molecule has 0 fully saturated rings. The van der Waals surface area contributed by atoms with Gasteiger partial charge in [-0.1, -0.05) is 196 Å². The van der Waals surface area contributed by atoms with Gasteiger partial charge >= 0.3 is 0 Å². The fourth-order valence-electron chi connectivity index (χ4n) is 10.2. The average molecular weight is 821 g/mol. The van der Waals surface area contributed by atoms with Crippen molar-refractivity contribution in [2.45, 2.75) is 31.6 Å². The van der Waals surface area contributed by atoms with Crippen LogP contribution in [0.25, 0.3) is 72.9 Å². The Balaban J connectivity index is 0.971. The molecule has 9 aromatic rings. The molecule has 0 saturated carbocycles.